The minimum Gasteiger partial charge on any atom is -0.504 e. The fourth-order valence-corrected chi connectivity index (χ4v) is 3.84. The first-order chi connectivity index (χ1) is 14.7. The molecular weight excluding hydrogens is 382 g/mol. The summed E-state index contributed by atoms with van der Waals surface area (Å²) in [5.74, 6) is 2.26. The molecule has 3 heterocycles. The second kappa shape index (κ2) is 9.60. The molecule has 2 saturated heterocycles. The molecule has 0 atom stereocenters. The van der Waals surface area contributed by atoms with E-state index in [0.717, 1.165) is 51.9 Å². The highest BCUT2D eigenvalue weighted by Gasteiger charge is 2.20. The molecule has 9 nitrogen and oxygen atoms in total. The number of phenolic OH excluding ortho intramolecular Hbond substituents is 1. The monoisotopic (exact) mass is 411 g/mol. The highest BCUT2D eigenvalue weighted by atomic mass is 16.5. The van der Waals surface area contributed by atoms with Crippen LogP contribution < -0.4 is 20.0 Å². The van der Waals surface area contributed by atoms with Gasteiger partial charge in [-0.3, -0.25) is 0 Å². The third-order valence-electron chi connectivity index (χ3n) is 5.51. The van der Waals surface area contributed by atoms with Crippen molar-refractivity contribution in [1.29, 1.82) is 0 Å². The molecular formula is C21H29N7O2. The zero-order valence-electron chi connectivity index (χ0n) is 17.4. The molecule has 2 aliphatic rings. The number of piperidine rings is 2. The summed E-state index contributed by atoms with van der Waals surface area (Å²) in [6.45, 7) is 3.85. The summed E-state index contributed by atoms with van der Waals surface area (Å²) in [5, 5.41) is 14.5. The molecule has 0 bridgehead atoms. The zero-order chi connectivity index (χ0) is 20.8. The number of nitrogens with zero attached hydrogens (tertiary/aromatic N) is 6. The highest BCUT2D eigenvalue weighted by Crippen LogP contribution is 2.28. The van der Waals surface area contributed by atoms with Crippen LogP contribution in [0, 0.1) is 0 Å². The van der Waals surface area contributed by atoms with Gasteiger partial charge in [-0.1, -0.05) is 6.07 Å². The summed E-state index contributed by atoms with van der Waals surface area (Å²) in [6.07, 6.45) is 8.64. The van der Waals surface area contributed by atoms with Crippen molar-refractivity contribution in [2.24, 2.45) is 5.10 Å². The molecule has 0 unspecified atom stereocenters. The molecule has 4 rings (SSSR count). The Labute approximate surface area is 176 Å². The number of nitrogens with one attached hydrogen (secondary N) is 1. The van der Waals surface area contributed by atoms with Crippen molar-refractivity contribution >= 4 is 24.1 Å². The molecule has 2 aliphatic heterocycles. The zero-order valence-corrected chi connectivity index (χ0v) is 17.4. The SMILES string of the molecule is COc1cccc(C=NNc2nc(N3CCCCC3)nc(N3CCCCC3)n2)c1O. The van der Waals surface area contributed by atoms with Crippen molar-refractivity contribution in [2.75, 3.05) is 48.5 Å². The van der Waals surface area contributed by atoms with Crippen LogP contribution in [-0.4, -0.2) is 59.6 Å². The maximum Gasteiger partial charge on any atom is 0.250 e. The third kappa shape index (κ3) is 4.72. The van der Waals surface area contributed by atoms with Gasteiger partial charge in [0.25, 0.3) is 0 Å². The Balaban J connectivity index is 1.56. The van der Waals surface area contributed by atoms with E-state index in [-0.39, 0.29) is 5.75 Å². The number of rotatable bonds is 6. The summed E-state index contributed by atoms with van der Waals surface area (Å²) in [6, 6.07) is 5.25. The summed E-state index contributed by atoms with van der Waals surface area (Å²) >= 11 is 0. The van der Waals surface area contributed by atoms with E-state index in [0.29, 0.717) is 29.2 Å². The standard InChI is InChI=1S/C21H29N7O2/c1-30-17-10-8-9-16(18(17)29)15-22-26-19-23-20(27-11-4-2-5-12-27)25-21(24-19)28-13-6-3-7-14-28/h8-10,15,29H,2-7,11-14H2,1H3,(H,23,24,25,26). The van der Waals surface area contributed by atoms with Gasteiger partial charge in [0.05, 0.1) is 13.3 Å². The second-order valence-electron chi connectivity index (χ2n) is 7.62. The number of ether oxygens (including phenoxy) is 1. The first kappa shape index (κ1) is 20.2. The van der Waals surface area contributed by atoms with Gasteiger partial charge < -0.3 is 19.6 Å². The smallest absolute Gasteiger partial charge is 0.250 e. The van der Waals surface area contributed by atoms with Crippen LogP contribution in [0.15, 0.2) is 23.3 Å². The summed E-state index contributed by atoms with van der Waals surface area (Å²) < 4.78 is 5.14. The van der Waals surface area contributed by atoms with Gasteiger partial charge in [-0.25, -0.2) is 5.43 Å². The molecule has 30 heavy (non-hydrogen) atoms. The van der Waals surface area contributed by atoms with E-state index in [1.54, 1.807) is 18.2 Å². The van der Waals surface area contributed by atoms with Gasteiger partial charge in [-0.05, 0) is 50.7 Å². The number of aromatic nitrogens is 3. The van der Waals surface area contributed by atoms with Crippen LogP contribution in [0.2, 0.25) is 0 Å². The van der Waals surface area contributed by atoms with Gasteiger partial charge in [-0.15, -0.1) is 0 Å². The lowest BCUT2D eigenvalue weighted by atomic mass is 10.1. The predicted molar refractivity (Wildman–Crippen MR) is 118 cm³/mol. The molecule has 2 N–H and O–H groups in total. The molecule has 1 aromatic carbocycles. The van der Waals surface area contributed by atoms with Crippen LogP contribution in [0.5, 0.6) is 11.5 Å². The van der Waals surface area contributed by atoms with E-state index >= 15 is 0 Å². The Hall–Kier alpha value is -3.10. The predicted octanol–water partition coefficient (Wildman–Crippen LogP) is 3.01. The van der Waals surface area contributed by atoms with Crippen molar-refractivity contribution in [3.63, 3.8) is 0 Å². The summed E-state index contributed by atoms with van der Waals surface area (Å²) in [4.78, 5) is 18.4. The second-order valence-corrected chi connectivity index (χ2v) is 7.62. The molecule has 2 aromatic rings. The average molecular weight is 412 g/mol. The van der Waals surface area contributed by atoms with E-state index < -0.39 is 0 Å². The summed E-state index contributed by atoms with van der Waals surface area (Å²) in [7, 11) is 1.52. The normalized spacial score (nSPS) is 17.4. The molecule has 0 saturated carbocycles. The van der Waals surface area contributed by atoms with Crippen molar-refractivity contribution < 1.29 is 9.84 Å². The van der Waals surface area contributed by atoms with E-state index in [1.807, 2.05) is 0 Å². The van der Waals surface area contributed by atoms with Gasteiger partial charge >= 0.3 is 0 Å². The average Bonchev–Trinajstić information content (AvgIpc) is 2.81. The number of benzene rings is 1. The number of hydrazone groups is 1. The minimum atomic E-state index is 0.0456. The lowest BCUT2D eigenvalue weighted by Crippen LogP contribution is -2.34. The topological polar surface area (TPSA) is 99.0 Å². The maximum absolute atomic E-state index is 10.2. The van der Waals surface area contributed by atoms with Gasteiger partial charge in [-0.2, -0.15) is 20.1 Å². The maximum atomic E-state index is 10.2. The number of aromatic hydroxyl groups is 1. The number of anilines is 3. The molecule has 0 spiro atoms. The number of methoxy groups -OCH3 is 1. The van der Waals surface area contributed by atoms with Crippen molar-refractivity contribution in [3.8, 4) is 11.5 Å². The quantitative estimate of drug-likeness (QED) is 0.553. The first-order valence-corrected chi connectivity index (χ1v) is 10.7. The first-order valence-electron chi connectivity index (χ1n) is 10.7. The van der Waals surface area contributed by atoms with Crippen LogP contribution in [0.3, 0.4) is 0 Å². The summed E-state index contributed by atoms with van der Waals surface area (Å²) in [5.41, 5.74) is 3.46. The molecule has 0 aliphatic carbocycles. The van der Waals surface area contributed by atoms with Gasteiger partial charge in [0.1, 0.15) is 0 Å². The molecule has 0 amide bonds. The van der Waals surface area contributed by atoms with Crippen LogP contribution >= 0.6 is 0 Å². The molecule has 9 heteroatoms. The van der Waals surface area contributed by atoms with Gasteiger partial charge in [0.2, 0.25) is 17.8 Å². The minimum absolute atomic E-state index is 0.0456. The Morgan fingerprint density at radius 3 is 2.10 bits per heavy atom. The number of phenols is 1. The lowest BCUT2D eigenvalue weighted by Gasteiger charge is -2.30. The van der Waals surface area contributed by atoms with Gasteiger partial charge in [0, 0.05) is 31.7 Å². The van der Waals surface area contributed by atoms with Crippen molar-refractivity contribution in [3.05, 3.63) is 23.8 Å². The highest BCUT2D eigenvalue weighted by molar-refractivity contribution is 5.85. The molecule has 160 valence electrons. The Kier molecular flexibility index (Phi) is 6.46. The fourth-order valence-electron chi connectivity index (χ4n) is 3.84. The number of hydrogen-bond donors (Lipinski definition) is 2. The Morgan fingerprint density at radius 2 is 1.53 bits per heavy atom. The van der Waals surface area contributed by atoms with Crippen LogP contribution in [-0.2, 0) is 0 Å². The number of hydrogen-bond acceptors (Lipinski definition) is 9. The lowest BCUT2D eigenvalue weighted by molar-refractivity contribution is 0.373. The van der Waals surface area contributed by atoms with E-state index in [1.165, 1.54) is 26.2 Å². The molecule has 2 fully saturated rings. The van der Waals surface area contributed by atoms with E-state index in [4.69, 9.17) is 9.72 Å². The largest absolute Gasteiger partial charge is 0.504 e. The molecule has 0 radical (unpaired) electrons. The molecule has 1 aromatic heterocycles. The van der Waals surface area contributed by atoms with Crippen molar-refractivity contribution in [2.45, 2.75) is 38.5 Å². The fraction of sp³-hybridized carbons (Fsp3) is 0.524. The van der Waals surface area contributed by atoms with Crippen LogP contribution in [0.1, 0.15) is 44.1 Å². The Bertz CT molecular complexity index is 841. The number of para-hydroxylation sites is 1. The van der Waals surface area contributed by atoms with Crippen LogP contribution in [0.4, 0.5) is 17.8 Å². The van der Waals surface area contributed by atoms with Gasteiger partial charge in [0.15, 0.2) is 11.5 Å². The van der Waals surface area contributed by atoms with Crippen LogP contribution in [0.25, 0.3) is 0 Å². The van der Waals surface area contributed by atoms with E-state index in [9.17, 15) is 5.11 Å². The Morgan fingerprint density at radius 1 is 0.933 bits per heavy atom. The third-order valence-corrected chi connectivity index (χ3v) is 5.51. The van der Waals surface area contributed by atoms with E-state index in [2.05, 4.69) is 30.3 Å². The van der Waals surface area contributed by atoms with Crippen molar-refractivity contribution in [1.82, 2.24) is 15.0 Å².